The highest BCUT2D eigenvalue weighted by molar-refractivity contribution is 7.14. The van der Waals surface area contributed by atoms with Crippen molar-refractivity contribution in [2.75, 3.05) is 0 Å². The van der Waals surface area contributed by atoms with Gasteiger partial charge in [-0.25, -0.2) is 0 Å². The molecule has 1 atom stereocenters. The molecule has 0 saturated heterocycles. The van der Waals surface area contributed by atoms with Gasteiger partial charge in [-0.05, 0) is 81.2 Å². The van der Waals surface area contributed by atoms with Gasteiger partial charge in [-0.1, -0.05) is 101 Å². The maximum Gasteiger partial charge on any atom is 0.163 e. The van der Waals surface area contributed by atoms with Gasteiger partial charge in [-0.2, -0.15) is 0 Å². The van der Waals surface area contributed by atoms with Gasteiger partial charge in [-0.15, -0.1) is 0 Å². The molecule has 0 N–H and O–H groups in total. The molecular formula is C31H35Si. The van der Waals surface area contributed by atoms with E-state index >= 15 is 0 Å². The molecule has 0 nitrogen and oxygen atoms in total. The average molecular weight is 436 g/mol. The van der Waals surface area contributed by atoms with Crippen molar-refractivity contribution in [1.82, 2.24) is 0 Å². The molecule has 163 valence electrons. The van der Waals surface area contributed by atoms with Gasteiger partial charge in [0.25, 0.3) is 0 Å². The first-order valence-electron chi connectivity index (χ1n) is 11.6. The molecule has 0 fully saturated rings. The second-order valence-corrected chi connectivity index (χ2v) is 14.0. The fourth-order valence-corrected chi connectivity index (χ4v) is 12.7. The van der Waals surface area contributed by atoms with Crippen molar-refractivity contribution < 1.29 is 0 Å². The quantitative estimate of drug-likeness (QED) is 0.336. The van der Waals surface area contributed by atoms with E-state index in [4.69, 9.17) is 0 Å². The largest absolute Gasteiger partial charge is 0.163 e. The van der Waals surface area contributed by atoms with Crippen molar-refractivity contribution in [3.8, 4) is 0 Å². The van der Waals surface area contributed by atoms with Gasteiger partial charge >= 0.3 is 0 Å². The van der Waals surface area contributed by atoms with Crippen LogP contribution in [0.3, 0.4) is 0 Å². The SMILES string of the molecule is CC1=[C]C(C)([Si](c2cc(C)cc(C)c2)(c2ccccc2C)c2ccccc2C)C(C)=C1C. The van der Waals surface area contributed by atoms with E-state index in [0.29, 0.717) is 0 Å². The summed E-state index contributed by atoms with van der Waals surface area (Å²) in [5, 5.41) is 4.29. The minimum atomic E-state index is -2.60. The van der Waals surface area contributed by atoms with E-state index in [1.807, 2.05) is 0 Å². The first kappa shape index (κ1) is 22.5. The summed E-state index contributed by atoms with van der Waals surface area (Å²) in [6, 6.07) is 25.4. The number of allylic oxidation sites excluding steroid dienone is 4. The Morgan fingerprint density at radius 3 is 1.53 bits per heavy atom. The Balaban J connectivity index is 2.30. The molecule has 0 aromatic heterocycles. The Kier molecular flexibility index (Phi) is 5.67. The average Bonchev–Trinajstić information content (AvgIpc) is 2.94. The maximum absolute atomic E-state index is 4.06. The Hall–Kier alpha value is -2.64. The predicted molar refractivity (Wildman–Crippen MR) is 142 cm³/mol. The molecule has 1 radical (unpaired) electrons. The van der Waals surface area contributed by atoms with Crippen molar-refractivity contribution in [3.63, 3.8) is 0 Å². The molecule has 0 saturated carbocycles. The lowest BCUT2D eigenvalue weighted by atomic mass is 10.0. The van der Waals surface area contributed by atoms with Crippen LogP contribution in [0.25, 0.3) is 0 Å². The fraction of sp³-hybridized carbons (Fsp3) is 0.290. The van der Waals surface area contributed by atoms with Gasteiger partial charge in [0.05, 0.1) is 0 Å². The summed E-state index contributed by atoms with van der Waals surface area (Å²) in [4.78, 5) is 0. The summed E-state index contributed by atoms with van der Waals surface area (Å²) in [6.45, 7) is 18.4. The molecular weight excluding hydrogens is 400 g/mol. The van der Waals surface area contributed by atoms with Crippen LogP contribution in [0.4, 0.5) is 0 Å². The highest BCUT2D eigenvalue weighted by Crippen LogP contribution is 2.52. The summed E-state index contributed by atoms with van der Waals surface area (Å²) in [7, 11) is -2.60. The van der Waals surface area contributed by atoms with Gasteiger partial charge in [-0.3, -0.25) is 0 Å². The van der Waals surface area contributed by atoms with Crippen LogP contribution in [0.15, 0.2) is 83.4 Å². The third kappa shape index (κ3) is 3.18. The van der Waals surface area contributed by atoms with Crippen molar-refractivity contribution in [2.24, 2.45) is 0 Å². The highest BCUT2D eigenvalue weighted by Gasteiger charge is 2.57. The van der Waals surface area contributed by atoms with Crippen LogP contribution in [-0.2, 0) is 0 Å². The second-order valence-electron chi connectivity index (χ2n) is 9.88. The molecule has 3 aromatic rings. The van der Waals surface area contributed by atoms with Crippen molar-refractivity contribution in [2.45, 2.75) is 60.4 Å². The molecule has 4 rings (SSSR count). The molecule has 32 heavy (non-hydrogen) atoms. The van der Waals surface area contributed by atoms with Crippen LogP contribution in [0.2, 0.25) is 5.04 Å². The molecule has 0 aliphatic heterocycles. The summed E-state index contributed by atoms with van der Waals surface area (Å²) in [5.41, 5.74) is 9.58. The highest BCUT2D eigenvalue weighted by atomic mass is 28.3. The van der Waals surface area contributed by atoms with E-state index in [2.05, 4.69) is 128 Å². The molecule has 3 aromatic carbocycles. The smallest absolute Gasteiger partial charge is 0.0623 e. The molecule has 0 heterocycles. The van der Waals surface area contributed by atoms with Crippen LogP contribution in [0, 0.1) is 33.8 Å². The molecule has 0 spiro atoms. The third-order valence-corrected chi connectivity index (χ3v) is 13.7. The van der Waals surface area contributed by atoms with Crippen molar-refractivity contribution in [1.29, 1.82) is 0 Å². The Bertz CT molecular complexity index is 1190. The van der Waals surface area contributed by atoms with E-state index in [1.165, 1.54) is 54.5 Å². The summed E-state index contributed by atoms with van der Waals surface area (Å²) in [5.74, 6) is 0. The number of benzene rings is 3. The van der Waals surface area contributed by atoms with Crippen molar-refractivity contribution >= 4 is 23.6 Å². The maximum atomic E-state index is 4.06. The molecule has 1 heteroatoms. The number of hydrogen-bond donors (Lipinski definition) is 0. The van der Waals surface area contributed by atoms with E-state index < -0.39 is 8.07 Å². The molecule has 1 aliphatic carbocycles. The Labute approximate surface area is 195 Å². The normalized spacial score (nSPS) is 18.8. The lowest BCUT2D eigenvalue weighted by Gasteiger charge is -2.48. The van der Waals surface area contributed by atoms with Crippen LogP contribution in [-0.4, -0.2) is 8.07 Å². The summed E-state index contributed by atoms with van der Waals surface area (Å²) in [6.07, 6.45) is 4.06. The van der Waals surface area contributed by atoms with Gasteiger partial charge in [0.2, 0.25) is 0 Å². The monoisotopic (exact) mass is 435 g/mol. The minimum Gasteiger partial charge on any atom is -0.0623 e. The summed E-state index contributed by atoms with van der Waals surface area (Å²) < 4.78 is 0. The van der Waals surface area contributed by atoms with E-state index in [1.54, 1.807) is 0 Å². The van der Waals surface area contributed by atoms with Crippen LogP contribution >= 0.6 is 0 Å². The number of aryl methyl sites for hydroxylation is 4. The van der Waals surface area contributed by atoms with Gasteiger partial charge in [0.15, 0.2) is 8.07 Å². The van der Waals surface area contributed by atoms with E-state index in [-0.39, 0.29) is 5.04 Å². The first-order valence-corrected chi connectivity index (χ1v) is 13.6. The fourth-order valence-electron chi connectivity index (χ4n) is 6.06. The lowest BCUT2D eigenvalue weighted by Crippen LogP contribution is -2.74. The van der Waals surface area contributed by atoms with E-state index in [9.17, 15) is 0 Å². The second kappa shape index (κ2) is 8.05. The Morgan fingerprint density at radius 1 is 0.656 bits per heavy atom. The number of hydrogen-bond acceptors (Lipinski definition) is 0. The Morgan fingerprint density at radius 2 is 1.12 bits per heavy atom. The van der Waals surface area contributed by atoms with Gasteiger partial charge in [0, 0.05) is 5.04 Å². The lowest BCUT2D eigenvalue weighted by molar-refractivity contribution is 0.847. The molecule has 1 unspecified atom stereocenters. The molecule has 0 amide bonds. The predicted octanol–water partition coefficient (Wildman–Crippen LogP) is 6.25. The number of rotatable bonds is 4. The van der Waals surface area contributed by atoms with Crippen LogP contribution < -0.4 is 15.6 Å². The van der Waals surface area contributed by atoms with Gasteiger partial charge in [0.1, 0.15) is 0 Å². The van der Waals surface area contributed by atoms with E-state index in [0.717, 1.165) is 0 Å². The van der Waals surface area contributed by atoms with Crippen molar-refractivity contribution in [3.05, 3.63) is 112 Å². The zero-order valence-corrected chi connectivity index (χ0v) is 21.9. The molecule has 1 aliphatic rings. The first-order chi connectivity index (χ1) is 15.1. The molecule has 0 bridgehead atoms. The van der Waals surface area contributed by atoms with Crippen LogP contribution in [0.1, 0.15) is 49.9 Å². The topological polar surface area (TPSA) is 0 Å². The zero-order chi connectivity index (χ0) is 23.3. The summed E-state index contributed by atoms with van der Waals surface area (Å²) >= 11 is 0. The third-order valence-electron chi connectivity index (χ3n) is 7.82. The van der Waals surface area contributed by atoms with Crippen LogP contribution in [0.5, 0.6) is 0 Å². The van der Waals surface area contributed by atoms with Gasteiger partial charge < -0.3 is 0 Å². The minimum absolute atomic E-state index is 0.181. The standard InChI is InChI=1S/C31H35Si/c1-21-17-22(2)19-28(18-21)32(29-15-11-9-13-23(29)3,30-16-12-10-14-24(30)4)31(8)20-25(5)26(6)27(31)7/h9-19H,1-8H3. The zero-order valence-electron chi connectivity index (χ0n) is 20.9.